The van der Waals surface area contributed by atoms with E-state index in [9.17, 15) is 14.4 Å². The first-order valence-electron chi connectivity index (χ1n) is 10.4. The molecule has 0 aromatic heterocycles. The van der Waals surface area contributed by atoms with Gasteiger partial charge in [-0.15, -0.1) is 0 Å². The highest BCUT2D eigenvalue weighted by Gasteiger charge is 2.67. The molecule has 0 aliphatic heterocycles. The molecule has 6 atom stereocenters. The highest BCUT2D eigenvalue weighted by molar-refractivity contribution is 9.12. The van der Waals surface area contributed by atoms with Crippen LogP contribution < -0.4 is 0 Å². The maximum absolute atomic E-state index is 12.8. The van der Waals surface area contributed by atoms with E-state index in [2.05, 4.69) is 35.9 Å². The van der Waals surface area contributed by atoms with Crippen LogP contribution in [0.4, 0.5) is 0 Å². The average molecular weight is 449 g/mol. The van der Waals surface area contributed by atoms with Gasteiger partial charge in [-0.25, -0.2) is 0 Å². The van der Waals surface area contributed by atoms with Gasteiger partial charge < -0.3 is 4.74 Å². The standard InChI is InChI=1S/C23H29BrO4/c1-13(25)23(28-14(2)26)12-8-17-15-5-6-18-20(24)19(27)9-10-21(18,3)16(15)7-11-22(17,23)4/h9-10,15-17H,5-8,11-12H2,1-4H3/t15?,16?,17?,21-,22+,23+/m1/s1. The molecular formula is C23H29BrO4. The van der Waals surface area contributed by atoms with E-state index in [0.29, 0.717) is 24.2 Å². The maximum atomic E-state index is 12.8. The van der Waals surface area contributed by atoms with Crippen molar-refractivity contribution in [1.82, 2.24) is 0 Å². The normalized spacial score (nSPS) is 44.6. The molecule has 28 heavy (non-hydrogen) atoms. The van der Waals surface area contributed by atoms with Crippen molar-refractivity contribution in [3.05, 3.63) is 22.2 Å². The Kier molecular flexibility index (Phi) is 4.57. The van der Waals surface area contributed by atoms with E-state index in [0.717, 1.165) is 36.6 Å². The summed E-state index contributed by atoms with van der Waals surface area (Å²) in [6, 6.07) is 0. The Bertz CT molecular complexity index is 826. The van der Waals surface area contributed by atoms with E-state index in [1.807, 2.05) is 0 Å². The van der Waals surface area contributed by atoms with Gasteiger partial charge in [-0.2, -0.15) is 0 Å². The lowest BCUT2D eigenvalue weighted by Crippen LogP contribution is -2.58. The third kappa shape index (κ3) is 2.44. The van der Waals surface area contributed by atoms with E-state index in [1.54, 1.807) is 13.0 Å². The molecule has 0 heterocycles. The second-order valence-electron chi connectivity index (χ2n) is 9.66. The van der Waals surface area contributed by atoms with Crippen LogP contribution >= 0.6 is 15.9 Å². The number of Topliss-reactive ketones (excluding diaryl/α,β-unsaturated/α-hetero) is 1. The van der Waals surface area contributed by atoms with Crippen molar-refractivity contribution in [3.63, 3.8) is 0 Å². The van der Waals surface area contributed by atoms with Crippen LogP contribution in [-0.4, -0.2) is 23.1 Å². The number of hydrogen-bond acceptors (Lipinski definition) is 4. The molecule has 0 N–H and O–H groups in total. The van der Waals surface area contributed by atoms with E-state index >= 15 is 0 Å². The Labute approximate surface area is 175 Å². The number of esters is 1. The molecule has 0 aromatic rings. The molecule has 0 saturated heterocycles. The Morgan fingerprint density at radius 2 is 1.79 bits per heavy atom. The molecule has 0 amide bonds. The van der Waals surface area contributed by atoms with Crippen LogP contribution in [0.15, 0.2) is 22.2 Å². The molecule has 4 aliphatic rings. The van der Waals surface area contributed by atoms with Gasteiger partial charge in [-0.05, 0) is 90.8 Å². The van der Waals surface area contributed by atoms with E-state index < -0.39 is 5.60 Å². The van der Waals surface area contributed by atoms with Crippen molar-refractivity contribution in [2.24, 2.45) is 28.6 Å². The van der Waals surface area contributed by atoms with Gasteiger partial charge in [-0.1, -0.05) is 19.9 Å². The SMILES string of the molecule is CC(=O)O[C@]1(C(C)=O)CCC2C3CCC4=C(Br)C(=O)C=C[C@]4(C)C3CC[C@@]21C. The fourth-order valence-electron chi connectivity index (χ4n) is 7.34. The van der Waals surface area contributed by atoms with Gasteiger partial charge >= 0.3 is 5.97 Å². The molecule has 4 aliphatic carbocycles. The maximum Gasteiger partial charge on any atom is 0.303 e. The number of ketones is 2. The highest BCUT2D eigenvalue weighted by Crippen LogP contribution is 2.68. The van der Waals surface area contributed by atoms with Crippen LogP contribution in [0.1, 0.15) is 66.2 Å². The summed E-state index contributed by atoms with van der Waals surface area (Å²) in [6.45, 7) is 7.44. The minimum atomic E-state index is -0.982. The number of carbonyl (C=O) groups is 3. The number of ether oxygens (including phenoxy) is 1. The lowest BCUT2D eigenvalue weighted by molar-refractivity contribution is -0.186. The number of rotatable bonds is 2. The van der Waals surface area contributed by atoms with Gasteiger partial charge in [0.1, 0.15) is 0 Å². The van der Waals surface area contributed by atoms with Crippen molar-refractivity contribution >= 4 is 33.5 Å². The third-order valence-corrected chi connectivity index (χ3v) is 9.52. The highest BCUT2D eigenvalue weighted by atomic mass is 79.9. The zero-order valence-electron chi connectivity index (χ0n) is 17.1. The lowest BCUT2D eigenvalue weighted by atomic mass is 9.47. The van der Waals surface area contributed by atoms with E-state index in [-0.39, 0.29) is 28.4 Å². The lowest BCUT2D eigenvalue weighted by Gasteiger charge is -2.58. The third-order valence-electron chi connectivity index (χ3n) is 8.65. The molecular weight excluding hydrogens is 420 g/mol. The van der Waals surface area contributed by atoms with E-state index in [4.69, 9.17) is 4.74 Å². The fourth-order valence-corrected chi connectivity index (χ4v) is 8.10. The summed E-state index contributed by atoms with van der Waals surface area (Å²) >= 11 is 3.56. The summed E-state index contributed by atoms with van der Waals surface area (Å²) in [4.78, 5) is 36.8. The Morgan fingerprint density at radius 1 is 1.11 bits per heavy atom. The Balaban J connectivity index is 1.73. The summed E-state index contributed by atoms with van der Waals surface area (Å²) in [7, 11) is 0. The molecule has 3 fully saturated rings. The second kappa shape index (κ2) is 6.38. The monoisotopic (exact) mass is 448 g/mol. The van der Waals surface area contributed by atoms with Gasteiger partial charge in [0, 0.05) is 17.8 Å². The molecule has 152 valence electrons. The minimum Gasteiger partial charge on any atom is -0.451 e. The van der Waals surface area contributed by atoms with Gasteiger partial charge in [0.15, 0.2) is 17.2 Å². The summed E-state index contributed by atoms with van der Waals surface area (Å²) in [5, 5.41) is 0. The van der Waals surface area contributed by atoms with Crippen molar-refractivity contribution < 1.29 is 19.1 Å². The first-order valence-corrected chi connectivity index (χ1v) is 11.2. The van der Waals surface area contributed by atoms with Gasteiger partial charge in [0.25, 0.3) is 0 Å². The molecule has 4 rings (SSSR count). The summed E-state index contributed by atoms with van der Waals surface area (Å²) < 4.78 is 6.56. The molecule has 0 aromatic carbocycles. The molecule has 3 unspecified atom stereocenters. The summed E-state index contributed by atoms with van der Waals surface area (Å²) in [6.07, 6.45) is 9.17. The minimum absolute atomic E-state index is 0.0142. The summed E-state index contributed by atoms with van der Waals surface area (Å²) in [5.74, 6) is 0.974. The number of carbonyl (C=O) groups excluding carboxylic acids is 3. The largest absolute Gasteiger partial charge is 0.451 e. The molecule has 4 nitrogen and oxygen atoms in total. The number of allylic oxidation sites excluding steroid dienone is 4. The van der Waals surface area contributed by atoms with Crippen LogP contribution in [0.5, 0.6) is 0 Å². The first-order chi connectivity index (χ1) is 13.1. The second-order valence-corrected chi connectivity index (χ2v) is 10.5. The van der Waals surface area contributed by atoms with Crippen LogP contribution in [0.2, 0.25) is 0 Å². The Morgan fingerprint density at radius 3 is 2.43 bits per heavy atom. The molecule has 0 radical (unpaired) electrons. The number of fused-ring (bicyclic) bond motifs is 5. The quantitative estimate of drug-likeness (QED) is 0.563. The van der Waals surface area contributed by atoms with Crippen LogP contribution in [0.25, 0.3) is 0 Å². The van der Waals surface area contributed by atoms with Crippen molar-refractivity contribution in [2.75, 3.05) is 0 Å². The van der Waals surface area contributed by atoms with Gasteiger partial charge in [0.05, 0.1) is 4.48 Å². The molecule has 3 saturated carbocycles. The number of halogens is 1. The van der Waals surface area contributed by atoms with Crippen molar-refractivity contribution in [2.45, 2.75) is 71.8 Å². The van der Waals surface area contributed by atoms with E-state index in [1.165, 1.54) is 12.5 Å². The average Bonchev–Trinajstić information content (AvgIpc) is 2.92. The predicted molar refractivity (Wildman–Crippen MR) is 110 cm³/mol. The van der Waals surface area contributed by atoms with Crippen LogP contribution in [-0.2, 0) is 19.1 Å². The predicted octanol–water partition coefficient (Wildman–Crippen LogP) is 4.91. The van der Waals surface area contributed by atoms with Crippen LogP contribution in [0.3, 0.4) is 0 Å². The topological polar surface area (TPSA) is 60.4 Å². The van der Waals surface area contributed by atoms with Crippen molar-refractivity contribution in [3.8, 4) is 0 Å². The smallest absolute Gasteiger partial charge is 0.303 e. The Hall–Kier alpha value is -1.23. The molecule has 0 bridgehead atoms. The zero-order valence-corrected chi connectivity index (χ0v) is 18.7. The fraction of sp³-hybridized carbons (Fsp3) is 0.696. The zero-order chi connectivity index (χ0) is 20.5. The van der Waals surface area contributed by atoms with Gasteiger partial charge in [-0.3, -0.25) is 14.4 Å². The first kappa shape index (κ1) is 20.1. The van der Waals surface area contributed by atoms with Gasteiger partial charge in [0.2, 0.25) is 0 Å². The summed E-state index contributed by atoms with van der Waals surface area (Å²) in [5.41, 5.74) is -0.167. The molecule has 5 heteroatoms. The number of hydrogen-bond donors (Lipinski definition) is 0. The molecule has 0 spiro atoms. The van der Waals surface area contributed by atoms with Crippen LogP contribution in [0, 0.1) is 28.6 Å². The van der Waals surface area contributed by atoms with Crippen molar-refractivity contribution in [1.29, 1.82) is 0 Å².